The van der Waals surface area contributed by atoms with E-state index in [1.54, 1.807) is 0 Å². The zero-order valence-corrected chi connectivity index (χ0v) is 8.29. The topological polar surface area (TPSA) is 46.2 Å². The van der Waals surface area contributed by atoms with Gasteiger partial charge in [-0.3, -0.25) is 0 Å². The Labute approximate surface area is 80.5 Å². The lowest BCUT2D eigenvalue weighted by Crippen LogP contribution is -2.19. The van der Waals surface area contributed by atoms with Crippen LogP contribution in [0.3, 0.4) is 0 Å². The molecule has 0 saturated heterocycles. The summed E-state index contributed by atoms with van der Waals surface area (Å²) in [5, 5.41) is 8.85. The van der Waals surface area contributed by atoms with Gasteiger partial charge >= 0.3 is 0 Å². The minimum atomic E-state index is -0.705. The molecule has 0 spiro atoms. The molecule has 3 heteroatoms. The third-order valence-electron chi connectivity index (χ3n) is 1.62. The van der Waals surface area contributed by atoms with Gasteiger partial charge in [-0.2, -0.15) is 0 Å². The molecule has 2 nitrogen and oxygen atoms in total. The highest BCUT2D eigenvalue weighted by atomic mass is 79.9. The lowest BCUT2D eigenvalue weighted by Gasteiger charge is -2.04. The molecule has 12 heavy (non-hydrogen) atoms. The maximum Gasteiger partial charge on any atom is 0.102 e. The number of aliphatic hydroxyl groups is 1. The molecule has 0 radical (unpaired) electrons. The number of rotatable bonds is 3. The number of benzene rings is 1. The van der Waals surface area contributed by atoms with Crippen molar-refractivity contribution in [2.45, 2.75) is 19.1 Å². The van der Waals surface area contributed by atoms with Crippen molar-refractivity contribution in [3.63, 3.8) is 0 Å². The molecule has 1 aromatic carbocycles. The van der Waals surface area contributed by atoms with Gasteiger partial charge in [-0.15, -0.1) is 0 Å². The van der Waals surface area contributed by atoms with Crippen LogP contribution in [-0.2, 0) is 6.42 Å². The summed E-state index contributed by atoms with van der Waals surface area (Å²) < 4.78 is 1.06. The first-order chi connectivity index (χ1) is 5.68. The Kier molecular flexibility index (Phi) is 3.72. The molecule has 0 amide bonds. The molecule has 0 fully saturated rings. The molecule has 1 aromatic rings. The quantitative estimate of drug-likeness (QED) is 0.775. The molecule has 66 valence electrons. The Morgan fingerprint density at radius 2 is 2.25 bits per heavy atom. The van der Waals surface area contributed by atoms with E-state index in [1.807, 2.05) is 24.3 Å². The Bertz CT molecular complexity index is 250. The zero-order chi connectivity index (χ0) is 8.97. The predicted molar refractivity (Wildman–Crippen MR) is 52.7 cm³/mol. The summed E-state index contributed by atoms with van der Waals surface area (Å²) in [6.07, 6.45) is 0.720. The van der Waals surface area contributed by atoms with Crippen LogP contribution in [0.1, 0.15) is 12.0 Å². The third kappa shape index (κ3) is 3.34. The summed E-state index contributed by atoms with van der Waals surface area (Å²) in [7, 11) is 0. The first-order valence-electron chi connectivity index (χ1n) is 3.86. The second kappa shape index (κ2) is 4.60. The summed E-state index contributed by atoms with van der Waals surface area (Å²) in [5.74, 6) is 0. The van der Waals surface area contributed by atoms with Crippen LogP contribution in [0.15, 0.2) is 28.7 Å². The first kappa shape index (κ1) is 9.71. The Balaban J connectivity index is 2.52. The normalized spacial score (nSPS) is 12.9. The summed E-state index contributed by atoms with van der Waals surface area (Å²) in [6, 6.07) is 8.00. The fourth-order valence-electron chi connectivity index (χ4n) is 1.01. The van der Waals surface area contributed by atoms with Crippen LogP contribution in [0.25, 0.3) is 0 Å². The van der Waals surface area contributed by atoms with Crippen LogP contribution in [-0.4, -0.2) is 11.3 Å². The van der Waals surface area contributed by atoms with E-state index in [0.29, 0.717) is 6.42 Å². The molecule has 0 aromatic heterocycles. The summed E-state index contributed by atoms with van der Waals surface area (Å²) in [5.41, 5.74) is 6.41. The van der Waals surface area contributed by atoms with Crippen LogP contribution < -0.4 is 5.73 Å². The van der Waals surface area contributed by atoms with Crippen molar-refractivity contribution >= 4 is 15.9 Å². The van der Waals surface area contributed by atoms with Gasteiger partial charge in [0.1, 0.15) is 6.23 Å². The predicted octanol–water partition coefficient (Wildman–Crippen LogP) is 1.66. The number of aryl methyl sites for hydroxylation is 1. The molecule has 0 bridgehead atoms. The van der Waals surface area contributed by atoms with E-state index in [9.17, 15) is 0 Å². The van der Waals surface area contributed by atoms with Crippen molar-refractivity contribution in [2.24, 2.45) is 5.73 Å². The maximum absolute atomic E-state index is 8.85. The number of aliphatic hydroxyl groups excluding tert-OH is 1. The van der Waals surface area contributed by atoms with E-state index in [1.165, 1.54) is 5.56 Å². The Hall–Kier alpha value is -0.380. The molecule has 0 heterocycles. The minimum Gasteiger partial charge on any atom is -0.379 e. The lowest BCUT2D eigenvalue weighted by atomic mass is 10.1. The molecular weight excluding hydrogens is 218 g/mol. The van der Waals surface area contributed by atoms with Crippen LogP contribution in [0.5, 0.6) is 0 Å². The molecular formula is C9H12BrNO. The van der Waals surface area contributed by atoms with Gasteiger partial charge in [0.2, 0.25) is 0 Å². The third-order valence-corrected chi connectivity index (χ3v) is 2.11. The van der Waals surface area contributed by atoms with Crippen LogP contribution in [0.2, 0.25) is 0 Å². The van der Waals surface area contributed by atoms with Gasteiger partial charge in [-0.25, -0.2) is 0 Å². The lowest BCUT2D eigenvalue weighted by molar-refractivity contribution is 0.172. The monoisotopic (exact) mass is 229 g/mol. The smallest absolute Gasteiger partial charge is 0.102 e. The van der Waals surface area contributed by atoms with E-state index >= 15 is 0 Å². The highest BCUT2D eigenvalue weighted by molar-refractivity contribution is 9.10. The van der Waals surface area contributed by atoms with E-state index in [4.69, 9.17) is 10.8 Å². The molecule has 0 aliphatic rings. The van der Waals surface area contributed by atoms with Gasteiger partial charge < -0.3 is 10.8 Å². The summed E-state index contributed by atoms with van der Waals surface area (Å²) in [6.45, 7) is 0. The van der Waals surface area contributed by atoms with Crippen molar-refractivity contribution in [1.29, 1.82) is 0 Å². The second-order valence-corrected chi connectivity index (χ2v) is 3.65. The summed E-state index contributed by atoms with van der Waals surface area (Å²) in [4.78, 5) is 0. The second-order valence-electron chi connectivity index (χ2n) is 2.74. The number of halogens is 1. The molecule has 0 saturated carbocycles. The Morgan fingerprint density at radius 3 is 2.83 bits per heavy atom. The van der Waals surface area contributed by atoms with Crippen molar-refractivity contribution in [3.05, 3.63) is 34.3 Å². The van der Waals surface area contributed by atoms with Gasteiger partial charge in [0, 0.05) is 4.47 Å². The fraction of sp³-hybridized carbons (Fsp3) is 0.333. The first-order valence-corrected chi connectivity index (χ1v) is 4.66. The van der Waals surface area contributed by atoms with Gasteiger partial charge in [-0.05, 0) is 30.5 Å². The zero-order valence-electron chi connectivity index (χ0n) is 6.70. The molecule has 0 aliphatic carbocycles. The number of hydrogen-bond acceptors (Lipinski definition) is 2. The van der Waals surface area contributed by atoms with Gasteiger partial charge in [0.05, 0.1) is 0 Å². The van der Waals surface area contributed by atoms with Crippen molar-refractivity contribution in [3.8, 4) is 0 Å². The van der Waals surface area contributed by atoms with Crippen LogP contribution in [0.4, 0.5) is 0 Å². The van der Waals surface area contributed by atoms with Crippen LogP contribution in [0, 0.1) is 0 Å². The maximum atomic E-state index is 8.85. The van der Waals surface area contributed by atoms with Gasteiger partial charge in [0.15, 0.2) is 0 Å². The van der Waals surface area contributed by atoms with Crippen LogP contribution >= 0.6 is 15.9 Å². The van der Waals surface area contributed by atoms with Crippen molar-refractivity contribution in [2.75, 3.05) is 0 Å². The molecule has 0 aliphatic heterocycles. The van der Waals surface area contributed by atoms with E-state index < -0.39 is 6.23 Å². The highest BCUT2D eigenvalue weighted by Gasteiger charge is 1.97. The van der Waals surface area contributed by atoms with E-state index in [0.717, 1.165) is 10.9 Å². The van der Waals surface area contributed by atoms with Crippen molar-refractivity contribution < 1.29 is 5.11 Å². The standard InChI is InChI=1S/C9H12BrNO/c10-8-3-1-2-7(6-8)4-5-9(11)12/h1-3,6,9,12H,4-5,11H2. The van der Waals surface area contributed by atoms with E-state index in [-0.39, 0.29) is 0 Å². The number of hydrogen-bond donors (Lipinski definition) is 2. The average molecular weight is 230 g/mol. The van der Waals surface area contributed by atoms with Crippen molar-refractivity contribution in [1.82, 2.24) is 0 Å². The van der Waals surface area contributed by atoms with Gasteiger partial charge in [-0.1, -0.05) is 28.1 Å². The SMILES string of the molecule is NC(O)CCc1cccc(Br)c1. The number of nitrogens with two attached hydrogens (primary N) is 1. The highest BCUT2D eigenvalue weighted by Crippen LogP contribution is 2.12. The average Bonchev–Trinajstić information content (AvgIpc) is 2.01. The minimum absolute atomic E-state index is 0.608. The van der Waals surface area contributed by atoms with Gasteiger partial charge in [0.25, 0.3) is 0 Å². The molecule has 1 rings (SSSR count). The largest absolute Gasteiger partial charge is 0.379 e. The fourth-order valence-corrected chi connectivity index (χ4v) is 1.45. The molecule has 3 N–H and O–H groups in total. The molecule has 1 atom stereocenters. The van der Waals surface area contributed by atoms with E-state index in [2.05, 4.69) is 15.9 Å². The Morgan fingerprint density at radius 1 is 1.50 bits per heavy atom. The summed E-state index contributed by atoms with van der Waals surface area (Å²) >= 11 is 3.38. The molecule has 1 unspecified atom stereocenters.